The Balaban J connectivity index is 1.70. The number of amides is 1. The van der Waals surface area contributed by atoms with E-state index in [0.29, 0.717) is 6.54 Å². The van der Waals surface area contributed by atoms with Gasteiger partial charge in [0.1, 0.15) is 6.04 Å². The van der Waals surface area contributed by atoms with Crippen LogP contribution in [-0.2, 0) is 11.3 Å². The molecule has 136 valence electrons. The third kappa shape index (κ3) is 4.21. The fourth-order valence-electron chi connectivity index (χ4n) is 2.94. The molecule has 1 heterocycles. The first-order valence-electron chi connectivity index (χ1n) is 8.26. The van der Waals surface area contributed by atoms with E-state index in [4.69, 9.17) is 5.21 Å². The minimum absolute atomic E-state index is 0.0701. The van der Waals surface area contributed by atoms with Gasteiger partial charge < -0.3 is 0 Å². The molecule has 0 saturated carbocycles. The third-order valence-corrected chi connectivity index (χ3v) is 5.53. The lowest BCUT2D eigenvalue weighted by Gasteiger charge is -2.32. The van der Waals surface area contributed by atoms with Crippen LogP contribution in [0.2, 0.25) is 0 Å². The van der Waals surface area contributed by atoms with Crippen LogP contribution in [0.3, 0.4) is 0 Å². The Morgan fingerprint density at radius 2 is 1.81 bits per heavy atom. The van der Waals surface area contributed by atoms with Gasteiger partial charge in [0.05, 0.1) is 4.92 Å². The summed E-state index contributed by atoms with van der Waals surface area (Å²) in [5.74, 6) is 0.579. The van der Waals surface area contributed by atoms with Crippen molar-refractivity contribution >= 4 is 23.5 Å². The molecule has 7 nitrogen and oxygen atoms in total. The SMILES string of the molecule is O=C(NO)[C@H]1CCCSN1Cc1ccc(-c2ccc([N+](=O)[O-])cc2)cc1. The Bertz CT molecular complexity index is 780. The Hall–Kier alpha value is -2.42. The van der Waals surface area contributed by atoms with Gasteiger partial charge in [-0.3, -0.25) is 20.1 Å². The number of hydroxylamine groups is 1. The topological polar surface area (TPSA) is 95.7 Å². The van der Waals surface area contributed by atoms with Crippen molar-refractivity contribution in [2.24, 2.45) is 0 Å². The molecular weight excluding hydrogens is 354 g/mol. The molecule has 3 rings (SSSR count). The first-order chi connectivity index (χ1) is 12.6. The van der Waals surface area contributed by atoms with Gasteiger partial charge in [-0.15, -0.1) is 0 Å². The second kappa shape index (κ2) is 8.31. The number of nitrogens with one attached hydrogen (secondary N) is 1. The number of hydrogen-bond donors (Lipinski definition) is 2. The molecule has 1 amide bonds. The molecule has 0 radical (unpaired) electrons. The lowest BCUT2D eigenvalue weighted by atomic mass is 10.0. The van der Waals surface area contributed by atoms with Crippen molar-refractivity contribution in [2.45, 2.75) is 25.4 Å². The van der Waals surface area contributed by atoms with Crippen molar-refractivity contribution in [2.75, 3.05) is 5.75 Å². The van der Waals surface area contributed by atoms with Crippen molar-refractivity contribution < 1.29 is 14.9 Å². The molecule has 8 heteroatoms. The van der Waals surface area contributed by atoms with Gasteiger partial charge >= 0.3 is 0 Å². The second-order valence-electron chi connectivity index (χ2n) is 6.04. The van der Waals surface area contributed by atoms with Crippen LogP contribution in [0, 0.1) is 10.1 Å². The number of hydrogen-bond acceptors (Lipinski definition) is 6. The van der Waals surface area contributed by atoms with Crippen LogP contribution in [0.25, 0.3) is 11.1 Å². The Morgan fingerprint density at radius 3 is 2.38 bits per heavy atom. The second-order valence-corrected chi connectivity index (χ2v) is 7.18. The van der Waals surface area contributed by atoms with Crippen molar-refractivity contribution in [3.63, 3.8) is 0 Å². The number of carbonyl (C=O) groups is 1. The van der Waals surface area contributed by atoms with Crippen LogP contribution in [-0.4, -0.2) is 32.1 Å². The van der Waals surface area contributed by atoms with E-state index < -0.39 is 4.92 Å². The molecular formula is C18H19N3O4S. The Kier molecular flexibility index (Phi) is 5.87. The molecule has 0 bridgehead atoms. The summed E-state index contributed by atoms with van der Waals surface area (Å²) in [6, 6.07) is 14.0. The first-order valence-corrected chi connectivity index (χ1v) is 9.20. The van der Waals surface area contributed by atoms with Gasteiger partial charge in [0, 0.05) is 24.4 Å². The van der Waals surface area contributed by atoms with Crippen molar-refractivity contribution in [3.05, 3.63) is 64.2 Å². The summed E-state index contributed by atoms with van der Waals surface area (Å²) in [4.78, 5) is 22.1. The van der Waals surface area contributed by atoms with E-state index in [1.54, 1.807) is 29.6 Å². The third-order valence-electron chi connectivity index (χ3n) is 4.34. The molecule has 1 saturated heterocycles. The van der Waals surface area contributed by atoms with Crippen LogP contribution >= 0.6 is 11.9 Å². The summed E-state index contributed by atoms with van der Waals surface area (Å²) < 4.78 is 2.00. The molecule has 26 heavy (non-hydrogen) atoms. The van der Waals surface area contributed by atoms with Gasteiger partial charge in [-0.25, -0.2) is 9.79 Å². The number of carbonyl (C=O) groups excluding carboxylic acids is 1. The van der Waals surface area contributed by atoms with Crippen LogP contribution in [0.4, 0.5) is 5.69 Å². The largest absolute Gasteiger partial charge is 0.289 e. The molecule has 1 fully saturated rings. The molecule has 1 atom stereocenters. The van der Waals surface area contributed by atoms with Gasteiger partial charge in [-0.2, -0.15) is 0 Å². The number of benzene rings is 2. The standard InChI is InChI=1S/C18H19N3O4S/c22-18(19-23)17-2-1-11-26-20(17)12-13-3-5-14(6-4-13)15-7-9-16(10-8-15)21(24)25/h3-10,17,23H,1-2,11-12H2,(H,19,22)/t17-/m1/s1. The van der Waals surface area contributed by atoms with E-state index in [1.165, 1.54) is 12.1 Å². The average molecular weight is 373 g/mol. The van der Waals surface area contributed by atoms with Crippen molar-refractivity contribution in [1.82, 2.24) is 9.79 Å². The quantitative estimate of drug-likeness (QED) is 0.361. The highest BCUT2D eigenvalue weighted by Crippen LogP contribution is 2.29. The summed E-state index contributed by atoms with van der Waals surface area (Å²) in [6.07, 6.45) is 1.67. The van der Waals surface area contributed by atoms with Gasteiger partial charge in [0.2, 0.25) is 0 Å². The number of nitro benzene ring substituents is 1. The van der Waals surface area contributed by atoms with Crippen LogP contribution in [0.1, 0.15) is 18.4 Å². The zero-order valence-electron chi connectivity index (χ0n) is 14.0. The minimum atomic E-state index is -0.415. The highest BCUT2D eigenvalue weighted by Gasteiger charge is 2.29. The van der Waals surface area contributed by atoms with Crippen molar-refractivity contribution in [3.8, 4) is 11.1 Å². The highest BCUT2D eigenvalue weighted by molar-refractivity contribution is 7.97. The maximum atomic E-state index is 11.8. The number of non-ortho nitro benzene ring substituents is 1. The van der Waals surface area contributed by atoms with Gasteiger partial charge in [0.15, 0.2) is 0 Å². The fourth-order valence-corrected chi connectivity index (χ4v) is 4.09. The average Bonchev–Trinajstić information content (AvgIpc) is 2.68. The first kappa shape index (κ1) is 18.4. The van der Waals surface area contributed by atoms with E-state index in [2.05, 4.69) is 0 Å². The summed E-state index contributed by atoms with van der Waals surface area (Å²) in [5, 5.41) is 19.6. The van der Waals surface area contributed by atoms with Crippen molar-refractivity contribution in [1.29, 1.82) is 0 Å². The molecule has 0 spiro atoms. The fraction of sp³-hybridized carbons (Fsp3) is 0.278. The predicted molar refractivity (Wildman–Crippen MR) is 99.5 cm³/mol. The van der Waals surface area contributed by atoms with Crippen LogP contribution in [0.15, 0.2) is 48.5 Å². The molecule has 1 aliphatic heterocycles. The molecule has 2 aromatic carbocycles. The number of rotatable bonds is 5. The number of nitro groups is 1. The summed E-state index contributed by atoms with van der Waals surface area (Å²) >= 11 is 1.61. The Morgan fingerprint density at radius 1 is 1.19 bits per heavy atom. The van der Waals surface area contributed by atoms with Gasteiger partial charge in [-0.1, -0.05) is 36.2 Å². The molecule has 1 aliphatic rings. The molecule has 2 aromatic rings. The van der Waals surface area contributed by atoms with E-state index >= 15 is 0 Å². The lowest BCUT2D eigenvalue weighted by Crippen LogP contribution is -2.44. The normalized spacial score (nSPS) is 17.7. The molecule has 0 unspecified atom stereocenters. The zero-order valence-corrected chi connectivity index (χ0v) is 14.8. The smallest absolute Gasteiger partial charge is 0.269 e. The number of nitrogens with zero attached hydrogens (tertiary/aromatic N) is 2. The molecule has 2 N–H and O–H groups in total. The summed E-state index contributed by atoms with van der Waals surface area (Å²) in [6.45, 7) is 0.600. The van der Waals surface area contributed by atoms with E-state index in [-0.39, 0.29) is 17.6 Å². The lowest BCUT2D eigenvalue weighted by molar-refractivity contribution is -0.384. The highest BCUT2D eigenvalue weighted by atomic mass is 32.2. The van der Waals surface area contributed by atoms with Gasteiger partial charge in [-0.05, 0) is 41.7 Å². The van der Waals surface area contributed by atoms with Crippen LogP contribution in [0.5, 0.6) is 0 Å². The van der Waals surface area contributed by atoms with Crippen LogP contribution < -0.4 is 5.48 Å². The maximum absolute atomic E-state index is 11.8. The minimum Gasteiger partial charge on any atom is -0.289 e. The van der Waals surface area contributed by atoms with E-state index in [9.17, 15) is 14.9 Å². The van der Waals surface area contributed by atoms with E-state index in [0.717, 1.165) is 35.3 Å². The molecule has 0 aromatic heterocycles. The van der Waals surface area contributed by atoms with Gasteiger partial charge in [0.25, 0.3) is 11.6 Å². The Labute approximate surface area is 155 Å². The molecule has 0 aliphatic carbocycles. The monoisotopic (exact) mass is 373 g/mol. The maximum Gasteiger partial charge on any atom is 0.269 e. The zero-order chi connectivity index (χ0) is 18.5. The van der Waals surface area contributed by atoms with E-state index in [1.807, 2.05) is 28.6 Å². The summed E-state index contributed by atoms with van der Waals surface area (Å²) in [7, 11) is 0. The summed E-state index contributed by atoms with van der Waals surface area (Å²) in [5.41, 5.74) is 4.76. The predicted octanol–water partition coefficient (Wildman–Crippen LogP) is 3.38.